The molecule has 3 aromatic rings. The molecule has 0 heterocycles. The number of sulfonamides is 1. The maximum absolute atomic E-state index is 11.5. The second kappa shape index (κ2) is 10.5. The molecule has 170 valence electrons. The fourth-order valence-corrected chi connectivity index (χ4v) is 4.04. The van der Waals surface area contributed by atoms with Crippen molar-refractivity contribution in [2.45, 2.75) is 25.0 Å². The molecule has 0 amide bonds. The molecule has 0 saturated carbocycles. The van der Waals surface area contributed by atoms with E-state index < -0.39 is 16.1 Å². The lowest BCUT2D eigenvalue weighted by atomic mass is 9.98. The van der Waals surface area contributed by atoms with Crippen molar-refractivity contribution in [1.29, 1.82) is 0 Å². The number of hydrogen-bond acceptors (Lipinski definition) is 6. The van der Waals surface area contributed by atoms with E-state index in [9.17, 15) is 23.7 Å². The monoisotopic (exact) mass is 456 g/mol. The molecule has 8 heteroatoms. The SMILES string of the molecule is CS(=O)(=O)Nc1cc(CC(O)CNC(Cc2ccccc2)c2ccc(O)cc2)ccc1O. The first kappa shape index (κ1) is 23.6. The molecule has 0 radical (unpaired) electrons. The van der Waals surface area contributed by atoms with Gasteiger partial charge in [0.1, 0.15) is 11.5 Å². The number of benzene rings is 3. The molecule has 0 fully saturated rings. The maximum atomic E-state index is 11.5. The lowest BCUT2D eigenvalue weighted by Gasteiger charge is -2.22. The zero-order valence-corrected chi connectivity index (χ0v) is 18.6. The van der Waals surface area contributed by atoms with E-state index in [0.29, 0.717) is 18.5 Å². The number of aliphatic hydroxyl groups excluding tert-OH is 1. The molecule has 3 aromatic carbocycles. The Kier molecular flexibility index (Phi) is 7.74. The predicted octanol–water partition coefficient (Wildman–Crippen LogP) is 2.95. The topological polar surface area (TPSA) is 119 Å². The summed E-state index contributed by atoms with van der Waals surface area (Å²) in [6.45, 7) is 0.300. The molecule has 0 aromatic heterocycles. The van der Waals surface area contributed by atoms with E-state index in [0.717, 1.165) is 17.4 Å². The third-order valence-electron chi connectivity index (χ3n) is 5.01. The van der Waals surface area contributed by atoms with Crippen LogP contribution in [0, 0.1) is 0 Å². The lowest BCUT2D eigenvalue weighted by molar-refractivity contribution is 0.167. The van der Waals surface area contributed by atoms with Crippen LogP contribution in [0.15, 0.2) is 72.8 Å². The Morgan fingerprint density at radius 2 is 1.56 bits per heavy atom. The van der Waals surface area contributed by atoms with Crippen LogP contribution in [0.2, 0.25) is 0 Å². The highest BCUT2D eigenvalue weighted by Crippen LogP contribution is 2.26. The number of nitrogens with one attached hydrogen (secondary N) is 2. The molecule has 0 bridgehead atoms. The highest BCUT2D eigenvalue weighted by Gasteiger charge is 2.16. The smallest absolute Gasteiger partial charge is 0.229 e. The first-order chi connectivity index (χ1) is 15.2. The van der Waals surface area contributed by atoms with Crippen molar-refractivity contribution in [3.05, 3.63) is 89.5 Å². The van der Waals surface area contributed by atoms with E-state index in [4.69, 9.17) is 0 Å². The van der Waals surface area contributed by atoms with Crippen LogP contribution in [0.1, 0.15) is 22.7 Å². The summed E-state index contributed by atoms with van der Waals surface area (Å²) in [4.78, 5) is 0. The normalized spacial score (nSPS) is 13.4. The van der Waals surface area contributed by atoms with Crippen LogP contribution in [0.4, 0.5) is 5.69 Å². The Morgan fingerprint density at radius 1 is 0.875 bits per heavy atom. The van der Waals surface area contributed by atoms with E-state index in [1.54, 1.807) is 18.2 Å². The molecule has 0 aliphatic rings. The first-order valence-corrected chi connectivity index (χ1v) is 12.1. The van der Waals surface area contributed by atoms with Crippen LogP contribution in [-0.4, -0.2) is 42.6 Å². The van der Waals surface area contributed by atoms with Gasteiger partial charge >= 0.3 is 0 Å². The summed E-state index contributed by atoms with van der Waals surface area (Å²) in [5.41, 5.74) is 2.90. The van der Waals surface area contributed by atoms with Crippen molar-refractivity contribution >= 4 is 15.7 Å². The van der Waals surface area contributed by atoms with E-state index in [1.165, 1.54) is 12.1 Å². The van der Waals surface area contributed by atoms with Gasteiger partial charge < -0.3 is 20.6 Å². The number of hydrogen-bond donors (Lipinski definition) is 5. The summed E-state index contributed by atoms with van der Waals surface area (Å²) in [6.07, 6.45) is 1.26. The number of aliphatic hydroxyl groups is 1. The van der Waals surface area contributed by atoms with Crippen LogP contribution in [-0.2, 0) is 22.9 Å². The van der Waals surface area contributed by atoms with Crippen LogP contribution >= 0.6 is 0 Å². The van der Waals surface area contributed by atoms with Crippen LogP contribution in [0.3, 0.4) is 0 Å². The molecular weight excluding hydrogens is 428 g/mol. The maximum Gasteiger partial charge on any atom is 0.229 e. The van der Waals surface area contributed by atoms with Gasteiger partial charge in [0.25, 0.3) is 0 Å². The first-order valence-electron chi connectivity index (χ1n) is 10.2. The second-order valence-corrected chi connectivity index (χ2v) is 9.57. The standard InChI is InChI=1S/C24H28N2O5S/c1-32(30,31)26-23-15-18(7-12-24(23)29)13-21(28)16-25-22(14-17-5-3-2-4-6-17)19-8-10-20(27)11-9-19/h2-12,15,21-22,25-29H,13-14,16H2,1H3. The average Bonchev–Trinajstić information content (AvgIpc) is 2.74. The van der Waals surface area contributed by atoms with Gasteiger partial charge in [-0.3, -0.25) is 4.72 Å². The van der Waals surface area contributed by atoms with Gasteiger partial charge in [-0.15, -0.1) is 0 Å². The Balaban J connectivity index is 1.67. The average molecular weight is 457 g/mol. The number of phenols is 2. The molecule has 0 spiro atoms. The Labute approximate surface area is 188 Å². The van der Waals surface area contributed by atoms with Gasteiger partial charge in [0, 0.05) is 12.6 Å². The molecule has 0 aliphatic carbocycles. The number of anilines is 1. The van der Waals surface area contributed by atoms with Crippen LogP contribution in [0.5, 0.6) is 11.5 Å². The summed E-state index contributed by atoms with van der Waals surface area (Å²) < 4.78 is 25.2. The van der Waals surface area contributed by atoms with Gasteiger partial charge in [0.2, 0.25) is 10.0 Å². The van der Waals surface area contributed by atoms with E-state index in [-0.39, 0.29) is 29.6 Å². The van der Waals surface area contributed by atoms with Crippen molar-refractivity contribution in [3.63, 3.8) is 0 Å². The summed E-state index contributed by atoms with van der Waals surface area (Å²) in [5, 5.41) is 33.5. The molecule has 5 N–H and O–H groups in total. The minimum Gasteiger partial charge on any atom is -0.508 e. The van der Waals surface area contributed by atoms with Gasteiger partial charge in [-0.1, -0.05) is 48.5 Å². The lowest BCUT2D eigenvalue weighted by Crippen LogP contribution is -2.32. The molecule has 2 unspecified atom stereocenters. The molecule has 0 saturated heterocycles. The second-order valence-electron chi connectivity index (χ2n) is 7.83. The zero-order chi connectivity index (χ0) is 23.1. The molecule has 32 heavy (non-hydrogen) atoms. The van der Waals surface area contributed by atoms with Crippen molar-refractivity contribution in [3.8, 4) is 11.5 Å². The summed E-state index contributed by atoms with van der Waals surface area (Å²) in [6, 6.07) is 21.5. The van der Waals surface area contributed by atoms with E-state index in [1.807, 2.05) is 42.5 Å². The number of phenolic OH excluding ortho intramolecular Hbond substituents is 2. The minimum absolute atomic E-state index is 0.0741. The predicted molar refractivity (Wildman–Crippen MR) is 125 cm³/mol. The highest BCUT2D eigenvalue weighted by atomic mass is 32.2. The van der Waals surface area contributed by atoms with Gasteiger partial charge in [-0.05, 0) is 53.8 Å². The van der Waals surface area contributed by atoms with Gasteiger partial charge in [-0.25, -0.2) is 8.42 Å². The molecule has 3 rings (SSSR count). The third kappa shape index (κ3) is 7.26. The largest absolute Gasteiger partial charge is 0.508 e. The van der Waals surface area contributed by atoms with Gasteiger partial charge in [0.15, 0.2) is 0 Å². The fraction of sp³-hybridized carbons (Fsp3) is 0.250. The van der Waals surface area contributed by atoms with Crippen molar-refractivity contribution < 1.29 is 23.7 Å². The zero-order valence-electron chi connectivity index (χ0n) is 17.8. The summed E-state index contributed by atoms with van der Waals surface area (Å²) in [5.74, 6) is 0.0140. The summed E-state index contributed by atoms with van der Waals surface area (Å²) >= 11 is 0. The quantitative estimate of drug-likeness (QED) is 0.299. The number of rotatable bonds is 10. The van der Waals surface area contributed by atoms with Crippen LogP contribution < -0.4 is 10.0 Å². The van der Waals surface area contributed by atoms with Gasteiger partial charge in [-0.2, -0.15) is 0 Å². The van der Waals surface area contributed by atoms with E-state index in [2.05, 4.69) is 10.0 Å². The van der Waals surface area contributed by atoms with Crippen molar-refractivity contribution in [2.24, 2.45) is 0 Å². The molecule has 0 aliphatic heterocycles. The highest BCUT2D eigenvalue weighted by molar-refractivity contribution is 7.92. The Morgan fingerprint density at radius 3 is 2.22 bits per heavy atom. The van der Waals surface area contributed by atoms with E-state index >= 15 is 0 Å². The van der Waals surface area contributed by atoms with Gasteiger partial charge in [0.05, 0.1) is 18.0 Å². The molecule has 7 nitrogen and oxygen atoms in total. The third-order valence-corrected chi connectivity index (χ3v) is 5.60. The Hall–Kier alpha value is -3.07. The molecular formula is C24H28N2O5S. The number of aromatic hydroxyl groups is 2. The molecule has 2 atom stereocenters. The van der Waals surface area contributed by atoms with Crippen molar-refractivity contribution in [2.75, 3.05) is 17.5 Å². The van der Waals surface area contributed by atoms with Crippen LogP contribution in [0.25, 0.3) is 0 Å². The Bertz CT molecular complexity index is 1120. The minimum atomic E-state index is -3.53. The summed E-state index contributed by atoms with van der Waals surface area (Å²) in [7, 11) is -3.53. The van der Waals surface area contributed by atoms with Crippen molar-refractivity contribution in [1.82, 2.24) is 5.32 Å². The fourth-order valence-electron chi connectivity index (χ4n) is 3.48.